The summed E-state index contributed by atoms with van der Waals surface area (Å²) in [5, 5.41) is 0. The van der Waals surface area contributed by atoms with Crippen molar-refractivity contribution in [3.8, 4) is 0 Å². The summed E-state index contributed by atoms with van der Waals surface area (Å²) in [5.41, 5.74) is 1.15. The normalized spacial score (nSPS) is 22.0. The van der Waals surface area contributed by atoms with Crippen molar-refractivity contribution in [1.29, 1.82) is 0 Å². The molecule has 3 fully saturated rings. The lowest BCUT2D eigenvalue weighted by molar-refractivity contribution is -0.134. The molecule has 0 saturated carbocycles. The number of amides is 1. The second-order valence-corrected chi connectivity index (χ2v) is 11.1. The molecule has 1 spiro atoms. The van der Waals surface area contributed by atoms with Crippen molar-refractivity contribution < 1.29 is 18.7 Å². The molecule has 3 aliphatic rings. The summed E-state index contributed by atoms with van der Waals surface area (Å²) in [5.74, 6) is 0.425. The van der Waals surface area contributed by atoms with E-state index in [9.17, 15) is 9.18 Å². The van der Waals surface area contributed by atoms with E-state index >= 15 is 0 Å². The van der Waals surface area contributed by atoms with Gasteiger partial charge in [0.2, 0.25) is 5.91 Å². The molecule has 0 bridgehead atoms. The molecule has 1 unspecified atom stereocenters. The number of carbonyl (C=O) groups excluding carboxylic acids is 1. The molecule has 3 heterocycles. The largest absolute Gasteiger partial charge is 0.349 e. The summed E-state index contributed by atoms with van der Waals surface area (Å²) in [6, 6.07) is 17.0. The van der Waals surface area contributed by atoms with Crippen molar-refractivity contribution >= 4 is 24.0 Å². The summed E-state index contributed by atoms with van der Waals surface area (Å²) in [7, 11) is 0. The van der Waals surface area contributed by atoms with Crippen molar-refractivity contribution in [3.05, 3.63) is 66.0 Å². The van der Waals surface area contributed by atoms with Gasteiger partial charge in [-0.2, -0.15) is 0 Å². The van der Waals surface area contributed by atoms with Crippen LogP contribution in [0.4, 0.5) is 10.1 Å². The highest BCUT2D eigenvalue weighted by molar-refractivity contribution is 5.93. The van der Waals surface area contributed by atoms with Gasteiger partial charge in [-0.05, 0) is 55.5 Å². The first-order valence-electron chi connectivity index (χ1n) is 13.2. The number of hydrogen-bond donors (Lipinski definition) is 0. The number of rotatable bonds is 7. The highest BCUT2D eigenvalue weighted by atomic mass is 35.5. The zero-order chi connectivity index (χ0) is 25.3. The highest BCUT2D eigenvalue weighted by Gasteiger charge is 2.54. The average Bonchev–Trinajstić information content (AvgIpc) is 3.51. The molecule has 2 aromatic rings. The van der Waals surface area contributed by atoms with E-state index in [0.29, 0.717) is 32.3 Å². The lowest BCUT2D eigenvalue weighted by atomic mass is 9.79. The molecule has 1 atom stereocenters. The fourth-order valence-corrected chi connectivity index (χ4v) is 6.19. The first-order valence-corrected chi connectivity index (χ1v) is 13.2. The number of benzene rings is 2. The maximum Gasteiger partial charge on any atom is 0.250 e. The minimum atomic E-state index is -0.515. The van der Waals surface area contributed by atoms with Crippen LogP contribution in [0.15, 0.2) is 54.6 Å². The third-order valence-electron chi connectivity index (χ3n) is 8.05. The minimum Gasteiger partial charge on any atom is -0.349 e. The van der Waals surface area contributed by atoms with Gasteiger partial charge in [-0.3, -0.25) is 4.79 Å². The third kappa shape index (κ3) is 5.37. The van der Waals surface area contributed by atoms with Crippen LogP contribution in [0.25, 0.3) is 0 Å². The molecule has 202 valence electrons. The smallest absolute Gasteiger partial charge is 0.250 e. The molecule has 1 amide bonds. The number of carbonyl (C=O) groups is 1. The van der Waals surface area contributed by atoms with Crippen molar-refractivity contribution in [1.82, 2.24) is 9.80 Å². The van der Waals surface area contributed by atoms with Crippen molar-refractivity contribution in [2.24, 2.45) is 5.92 Å². The molecule has 3 saturated heterocycles. The van der Waals surface area contributed by atoms with Gasteiger partial charge >= 0.3 is 0 Å². The quantitative estimate of drug-likeness (QED) is 0.519. The fourth-order valence-electron chi connectivity index (χ4n) is 6.19. The molecule has 37 heavy (non-hydrogen) atoms. The van der Waals surface area contributed by atoms with Crippen LogP contribution in [0.2, 0.25) is 0 Å². The molecule has 0 aliphatic carbocycles. The van der Waals surface area contributed by atoms with Crippen molar-refractivity contribution in [2.45, 2.75) is 50.9 Å². The predicted octanol–water partition coefficient (Wildman–Crippen LogP) is 4.68. The Bertz CT molecular complexity index is 1040. The summed E-state index contributed by atoms with van der Waals surface area (Å²) in [6.07, 6.45) is 1.15. The number of piperidine rings is 1. The SMILES string of the molecule is CC(C)CN1CN(c2ccccc2)C2(CCN(CC(C)(c3ccc(F)cc3)C3OCCO3)CC2)C1=O.Cl. The van der Waals surface area contributed by atoms with E-state index in [4.69, 9.17) is 9.47 Å². The zero-order valence-corrected chi connectivity index (χ0v) is 22.9. The first kappa shape index (κ1) is 27.8. The van der Waals surface area contributed by atoms with Gasteiger partial charge in [0, 0.05) is 31.9 Å². The van der Waals surface area contributed by atoms with Gasteiger partial charge in [0.25, 0.3) is 0 Å². The monoisotopic (exact) mass is 531 g/mol. The Morgan fingerprint density at radius 1 is 1.03 bits per heavy atom. The number of anilines is 1. The van der Waals surface area contributed by atoms with Crippen molar-refractivity contribution in [3.63, 3.8) is 0 Å². The number of para-hydroxylation sites is 1. The Balaban J connectivity index is 0.00000320. The van der Waals surface area contributed by atoms with Gasteiger partial charge in [-0.25, -0.2) is 4.39 Å². The van der Waals surface area contributed by atoms with E-state index < -0.39 is 11.0 Å². The van der Waals surface area contributed by atoms with Crippen LogP contribution in [0.5, 0.6) is 0 Å². The molecule has 5 rings (SSSR count). The molecule has 6 nitrogen and oxygen atoms in total. The second kappa shape index (κ2) is 11.3. The van der Waals surface area contributed by atoms with E-state index in [1.54, 1.807) is 0 Å². The number of hydrogen-bond acceptors (Lipinski definition) is 5. The topological polar surface area (TPSA) is 45.2 Å². The number of halogens is 2. The molecule has 3 aliphatic heterocycles. The third-order valence-corrected chi connectivity index (χ3v) is 8.05. The second-order valence-electron chi connectivity index (χ2n) is 11.1. The fraction of sp³-hybridized carbons (Fsp3) is 0.552. The standard InChI is InChI=1S/C29H38FN3O3.ClH/c1-22(2)19-32-21-33(25-7-5-4-6-8-25)29(26(32)34)13-15-31(16-14-29)20-28(3,27-35-17-18-36-27)23-9-11-24(30)12-10-23;/h4-12,22,27H,13-21H2,1-3H3;1H. The molecule has 8 heteroatoms. The predicted molar refractivity (Wildman–Crippen MR) is 145 cm³/mol. The van der Waals surface area contributed by atoms with Gasteiger partial charge in [0.15, 0.2) is 6.29 Å². The summed E-state index contributed by atoms with van der Waals surface area (Å²) in [6.45, 7) is 11.3. The highest BCUT2D eigenvalue weighted by Crippen LogP contribution is 2.41. The van der Waals surface area contributed by atoms with Crippen LogP contribution in [0.1, 0.15) is 39.2 Å². The van der Waals surface area contributed by atoms with E-state index in [2.05, 4.69) is 42.7 Å². The number of likely N-dealkylation sites (tertiary alicyclic amines) is 1. The zero-order valence-electron chi connectivity index (χ0n) is 22.1. The Kier molecular flexibility index (Phi) is 8.48. The van der Waals surface area contributed by atoms with Gasteiger partial charge in [0.05, 0.1) is 25.3 Å². The van der Waals surface area contributed by atoms with E-state index in [1.807, 2.05) is 35.2 Å². The minimum absolute atomic E-state index is 0. The van der Waals surface area contributed by atoms with Crippen LogP contribution >= 0.6 is 12.4 Å². The van der Waals surface area contributed by atoms with Gasteiger partial charge < -0.3 is 24.2 Å². The van der Waals surface area contributed by atoms with E-state index in [0.717, 1.165) is 43.7 Å². The van der Waals surface area contributed by atoms with Crippen LogP contribution in [-0.4, -0.2) is 73.6 Å². The molecular formula is C29H39ClFN3O3. The van der Waals surface area contributed by atoms with E-state index in [1.165, 1.54) is 12.1 Å². The maximum absolute atomic E-state index is 13.8. The first-order chi connectivity index (χ1) is 17.3. The van der Waals surface area contributed by atoms with Gasteiger partial charge in [-0.15, -0.1) is 12.4 Å². The average molecular weight is 532 g/mol. The van der Waals surface area contributed by atoms with E-state index in [-0.39, 0.29) is 30.4 Å². The van der Waals surface area contributed by atoms with Gasteiger partial charge in [-0.1, -0.05) is 44.2 Å². The van der Waals surface area contributed by atoms with Crippen molar-refractivity contribution in [2.75, 3.05) is 51.0 Å². The number of ether oxygens (including phenoxy) is 2. The van der Waals surface area contributed by atoms with Crippen LogP contribution in [0.3, 0.4) is 0 Å². The molecule has 2 aromatic carbocycles. The molecule has 0 N–H and O–H groups in total. The lowest BCUT2D eigenvalue weighted by Gasteiger charge is -2.46. The van der Waals surface area contributed by atoms with Crippen LogP contribution < -0.4 is 4.90 Å². The Morgan fingerprint density at radius 3 is 2.24 bits per heavy atom. The lowest BCUT2D eigenvalue weighted by Crippen LogP contribution is -2.58. The van der Waals surface area contributed by atoms with Gasteiger partial charge in [0.1, 0.15) is 11.4 Å². The Morgan fingerprint density at radius 2 is 1.65 bits per heavy atom. The molecule has 0 aromatic heterocycles. The van der Waals surface area contributed by atoms with Crippen LogP contribution in [0, 0.1) is 11.7 Å². The summed E-state index contributed by atoms with van der Waals surface area (Å²) < 4.78 is 25.6. The maximum atomic E-state index is 13.8. The molecule has 0 radical (unpaired) electrons. The van der Waals surface area contributed by atoms with Crippen LogP contribution in [-0.2, 0) is 19.7 Å². The summed E-state index contributed by atoms with van der Waals surface area (Å²) in [4.78, 5) is 20.6. The number of nitrogens with zero attached hydrogens (tertiary/aromatic N) is 3. The molecular weight excluding hydrogens is 493 g/mol. The summed E-state index contributed by atoms with van der Waals surface area (Å²) >= 11 is 0. The Hall–Kier alpha value is -2.19. The Labute approximate surface area is 226 Å².